The molecule has 1 aliphatic rings. The van der Waals surface area contributed by atoms with E-state index in [0.29, 0.717) is 18.9 Å². The van der Waals surface area contributed by atoms with Gasteiger partial charge in [0, 0.05) is 24.7 Å². The third-order valence-electron chi connectivity index (χ3n) is 4.23. The van der Waals surface area contributed by atoms with Crippen LogP contribution in [0.3, 0.4) is 0 Å². The van der Waals surface area contributed by atoms with Crippen LogP contribution in [-0.2, 0) is 6.54 Å². The molecule has 1 aliphatic heterocycles. The summed E-state index contributed by atoms with van der Waals surface area (Å²) in [4.78, 5) is 2.40. The van der Waals surface area contributed by atoms with E-state index >= 15 is 0 Å². The fourth-order valence-electron chi connectivity index (χ4n) is 3.12. The van der Waals surface area contributed by atoms with Gasteiger partial charge in [0.1, 0.15) is 0 Å². The first-order valence-electron chi connectivity index (χ1n) is 7.65. The van der Waals surface area contributed by atoms with Crippen LogP contribution in [-0.4, -0.2) is 33.8 Å². The Hall–Kier alpha value is -1.85. The van der Waals surface area contributed by atoms with Crippen LogP contribution in [0.15, 0.2) is 6.07 Å². The Morgan fingerprint density at radius 3 is 2.86 bits per heavy atom. The minimum absolute atomic E-state index is 0.0364. The third kappa shape index (κ3) is 4.06. The Bertz CT molecular complexity index is 548. The van der Waals surface area contributed by atoms with Gasteiger partial charge in [-0.05, 0) is 45.7 Å². The molecule has 1 saturated heterocycles. The van der Waals surface area contributed by atoms with Crippen molar-refractivity contribution < 1.29 is 0 Å². The molecular weight excluding hydrogens is 262 g/mol. The zero-order valence-electron chi connectivity index (χ0n) is 12.9. The minimum atomic E-state index is -0.0364. The van der Waals surface area contributed by atoms with E-state index in [-0.39, 0.29) is 5.92 Å². The SMILES string of the molecule is Cc1cc(C)n(C[C@@H]2CCCN2C[C@@H](C#N)CCC#N)n1. The highest BCUT2D eigenvalue weighted by molar-refractivity contribution is 5.07. The van der Waals surface area contributed by atoms with Crippen LogP contribution in [0.25, 0.3) is 0 Å². The Balaban J connectivity index is 1.95. The van der Waals surface area contributed by atoms with E-state index in [1.165, 1.54) is 12.1 Å². The number of aromatic nitrogens is 2. The van der Waals surface area contributed by atoms with E-state index in [1.807, 2.05) is 6.92 Å². The fourth-order valence-corrected chi connectivity index (χ4v) is 3.12. The number of nitrogens with zero attached hydrogens (tertiary/aromatic N) is 5. The summed E-state index contributed by atoms with van der Waals surface area (Å²) in [7, 11) is 0. The van der Waals surface area contributed by atoms with Gasteiger partial charge >= 0.3 is 0 Å². The molecule has 0 saturated carbocycles. The molecule has 0 N–H and O–H groups in total. The van der Waals surface area contributed by atoms with Gasteiger partial charge in [-0.1, -0.05) is 0 Å². The standard InChI is InChI=1S/C16H23N5/c1-13-9-14(2)21(19-13)12-16-6-4-8-20(16)11-15(10-18)5-3-7-17/h9,15-16H,3-6,8,11-12H2,1-2H3/t15-,16+/m1/s1. The van der Waals surface area contributed by atoms with Gasteiger partial charge in [0.05, 0.1) is 30.3 Å². The van der Waals surface area contributed by atoms with Gasteiger partial charge in [0.15, 0.2) is 0 Å². The van der Waals surface area contributed by atoms with Crippen LogP contribution in [0.2, 0.25) is 0 Å². The van der Waals surface area contributed by atoms with Crippen LogP contribution < -0.4 is 0 Å². The Morgan fingerprint density at radius 2 is 2.24 bits per heavy atom. The highest BCUT2D eigenvalue weighted by Crippen LogP contribution is 2.22. The summed E-state index contributed by atoms with van der Waals surface area (Å²) in [5, 5.41) is 22.4. The smallest absolute Gasteiger partial charge is 0.0669 e. The average molecular weight is 285 g/mol. The maximum absolute atomic E-state index is 9.23. The molecule has 2 rings (SSSR count). The van der Waals surface area contributed by atoms with Crippen molar-refractivity contribution in [1.82, 2.24) is 14.7 Å². The van der Waals surface area contributed by atoms with Crippen molar-refractivity contribution in [2.24, 2.45) is 5.92 Å². The van der Waals surface area contributed by atoms with Crippen molar-refractivity contribution in [1.29, 1.82) is 10.5 Å². The van der Waals surface area contributed by atoms with Crippen molar-refractivity contribution in [2.75, 3.05) is 13.1 Å². The molecule has 5 nitrogen and oxygen atoms in total. The summed E-state index contributed by atoms with van der Waals surface area (Å²) in [5.41, 5.74) is 2.25. The van der Waals surface area contributed by atoms with Crippen molar-refractivity contribution in [3.63, 3.8) is 0 Å². The Kier molecular flexibility index (Phi) is 5.36. The summed E-state index contributed by atoms with van der Waals surface area (Å²) < 4.78 is 2.08. The molecule has 0 unspecified atom stereocenters. The number of hydrogen-bond acceptors (Lipinski definition) is 4. The number of likely N-dealkylation sites (tertiary alicyclic amines) is 1. The highest BCUT2D eigenvalue weighted by Gasteiger charge is 2.27. The molecule has 2 heterocycles. The van der Waals surface area contributed by atoms with Gasteiger partial charge in [0.2, 0.25) is 0 Å². The van der Waals surface area contributed by atoms with Crippen molar-refractivity contribution in [2.45, 2.75) is 52.1 Å². The number of hydrogen-bond donors (Lipinski definition) is 0. The molecule has 21 heavy (non-hydrogen) atoms. The fraction of sp³-hybridized carbons (Fsp3) is 0.688. The lowest BCUT2D eigenvalue weighted by Crippen LogP contribution is -2.36. The molecule has 1 fully saturated rings. The summed E-state index contributed by atoms with van der Waals surface area (Å²) in [6.07, 6.45) is 3.49. The number of rotatable bonds is 6. The Morgan fingerprint density at radius 1 is 1.43 bits per heavy atom. The summed E-state index contributed by atoms with van der Waals surface area (Å²) in [6, 6.07) is 7.04. The quantitative estimate of drug-likeness (QED) is 0.805. The van der Waals surface area contributed by atoms with Crippen molar-refractivity contribution in [3.8, 4) is 12.1 Å². The number of nitriles is 2. The average Bonchev–Trinajstić information content (AvgIpc) is 3.02. The zero-order chi connectivity index (χ0) is 15.2. The monoisotopic (exact) mass is 285 g/mol. The predicted octanol–water partition coefficient (Wildman–Crippen LogP) is 2.41. The lowest BCUT2D eigenvalue weighted by Gasteiger charge is -2.26. The molecule has 0 amide bonds. The van der Waals surface area contributed by atoms with E-state index in [2.05, 4.69) is 39.8 Å². The molecule has 0 aliphatic carbocycles. The molecule has 0 bridgehead atoms. The van der Waals surface area contributed by atoms with Crippen molar-refractivity contribution in [3.05, 3.63) is 17.5 Å². The van der Waals surface area contributed by atoms with Crippen LogP contribution in [0.1, 0.15) is 37.1 Å². The second-order valence-electron chi connectivity index (χ2n) is 5.92. The van der Waals surface area contributed by atoms with Crippen LogP contribution in [0.4, 0.5) is 0 Å². The van der Waals surface area contributed by atoms with Gasteiger partial charge in [-0.15, -0.1) is 0 Å². The molecule has 1 aromatic rings. The van der Waals surface area contributed by atoms with E-state index in [1.54, 1.807) is 0 Å². The molecule has 0 spiro atoms. The van der Waals surface area contributed by atoms with Crippen molar-refractivity contribution >= 4 is 0 Å². The normalized spacial score (nSPS) is 20.1. The highest BCUT2D eigenvalue weighted by atomic mass is 15.3. The maximum Gasteiger partial charge on any atom is 0.0669 e. The van der Waals surface area contributed by atoms with Gasteiger partial charge < -0.3 is 0 Å². The summed E-state index contributed by atoms with van der Waals surface area (Å²) in [5.74, 6) is -0.0364. The van der Waals surface area contributed by atoms with Crippen LogP contribution in [0, 0.1) is 42.4 Å². The molecule has 2 atom stereocenters. The van der Waals surface area contributed by atoms with E-state index in [0.717, 1.165) is 31.7 Å². The lowest BCUT2D eigenvalue weighted by molar-refractivity contribution is 0.205. The van der Waals surface area contributed by atoms with Gasteiger partial charge in [-0.3, -0.25) is 9.58 Å². The molecule has 0 radical (unpaired) electrons. The predicted molar refractivity (Wildman–Crippen MR) is 80.2 cm³/mol. The number of aryl methyl sites for hydroxylation is 2. The van der Waals surface area contributed by atoms with Gasteiger partial charge in [-0.25, -0.2) is 0 Å². The first-order valence-corrected chi connectivity index (χ1v) is 7.65. The zero-order valence-corrected chi connectivity index (χ0v) is 12.9. The summed E-state index contributed by atoms with van der Waals surface area (Å²) >= 11 is 0. The molecule has 1 aromatic heterocycles. The third-order valence-corrected chi connectivity index (χ3v) is 4.23. The van der Waals surface area contributed by atoms with E-state index in [4.69, 9.17) is 5.26 Å². The second kappa shape index (κ2) is 7.24. The van der Waals surface area contributed by atoms with Crippen LogP contribution in [0.5, 0.6) is 0 Å². The molecular formula is C16H23N5. The first kappa shape index (κ1) is 15.5. The van der Waals surface area contributed by atoms with Gasteiger partial charge in [0.25, 0.3) is 0 Å². The van der Waals surface area contributed by atoms with E-state index in [9.17, 15) is 5.26 Å². The maximum atomic E-state index is 9.23. The largest absolute Gasteiger partial charge is 0.297 e. The molecule has 0 aromatic carbocycles. The molecule has 112 valence electrons. The van der Waals surface area contributed by atoms with Gasteiger partial charge in [-0.2, -0.15) is 15.6 Å². The second-order valence-corrected chi connectivity index (χ2v) is 5.92. The lowest BCUT2D eigenvalue weighted by atomic mass is 10.0. The van der Waals surface area contributed by atoms with E-state index < -0.39 is 0 Å². The minimum Gasteiger partial charge on any atom is -0.297 e. The van der Waals surface area contributed by atoms with Crippen LogP contribution >= 0.6 is 0 Å². The Labute approximate surface area is 126 Å². The molecule has 5 heteroatoms. The first-order chi connectivity index (χ1) is 10.1. The summed E-state index contributed by atoms with van der Waals surface area (Å²) in [6.45, 7) is 6.83. The topological polar surface area (TPSA) is 68.6 Å².